The largest absolute Gasteiger partial charge is 0.489 e. The normalized spacial score (nSPS) is 14.1. The topological polar surface area (TPSA) is 61.5 Å². The molecule has 1 aromatic heterocycles. The van der Waals surface area contributed by atoms with Crippen LogP contribution in [0, 0.1) is 0 Å². The van der Waals surface area contributed by atoms with Crippen molar-refractivity contribution in [3.63, 3.8) is 0 Å². The molecule has 1 aliphatic heterocycles. The smallest absolute Gasteiger partial charge is 0.181 e. The number of ether oxygens (including phenoxy) is 1. The molecule has 4 aromatic rings. The van der Waals surface area contributed by atoms with Crippen molar-refractivity contribution in [1.82, 2.24) is 15.1 Å². The number of H-pyrrole nitrogens is 1. The van der Waals surface area contributed by atoms with Crippen molar-refractivity contribution >= 4 is 11.5 Å². The Labute approximate surface area is 212 Å². The van der Waals surface area contributed by atoms with E-state index >= 15 is 0 Å². The van der Waals surface area contributed by atoms with Gasteiger partial charge in [0.2, 0.25) is 0 Å². The van der Waals surface area contributed by atoms with E-state index in [1.807, 2.05) is 54.6 Å². The number of likely N-dealkylation sites (N-methyl/N-ethyl adjacent to an activating group) is 1. The zero-order chi connectivity index (χ0) is 24.7. The van der Waals surface area contributed by atoms with Gasteiger partial charge in [-0.3, -0.25) is 9.89 Å². The van der Waals surface area contributed by atoms with E-state index in [0.29, 0.717) is 25.1 Å². The lowest BCUT2D eigenvalue weighted by Crippen LogP contribution is -2.44. The van der Waals surface area contributed by atoms with E-state index in [1.54, 1.807) is 6.20 Å². The molecular weight excluding hydrogens is 448 g/mol. The third kappa shape index (κ3) is 5.83. The van der Waals surface area contributed by atoms with Crippen LogP contribution in [0.25, 0.3) is 11.1 Å². The molecule has 1 saturated heterocycles. The summed E-state index contributed by atoms with van der Waals surface area (Å²) in [6.07, 6.45) is 2.84. The molecule has 0 spiro atoms. The molecule has 2 heterocycles. The molecule has 5 rings (SSSR count). The summed E-state index contributed by atoms with van der Waals surface area (Å²) in [5.41, 5.74) is 5.79. The van der Waals surface area contributed by atoms with Gasteiger partial charge in [0, 0.05) is 43.9 Å². The SMILES string of the molecule is CN1CCN(c2ccc(CCC(=O)c3[nH]ncc3-c3cccc(OCc4ccccc4)c3)cc2)CC1. The van der Waals surface area contributed by atoms with Gasteiger partial charge in [0.25, 0.3) is 0 Å². The van der Waals surface area contributed by atoms with E-state index < -0.39 is 0 Å². The highest BCUT2D eigenvalue weighted by atomic mass is 16.5. The number of benzene rings is 3. The highest BCUT2D eigenvalue weighted by Gasteiger charge is 2.17. The summed E-state index contributed by atoms with van der Waals surface area (Å²) < 4.78 is 5.97. The quantitative estimate of drug-likeness (QED) is 0.333. The van der Waals surface area contributed by atoms with Crippen LogP contribution in [0.5, 0.6) is 5.75 Å². The first-order chi connectivity index (χ1) is 17.7. The standard InChI is InChI=1S/C30H32N4O2/c1-33-16-18-34(19-17-33)26-13-10-23(11-14-26)12-15-29(35)30-28(21-31-32-30)25-8-5-9-27(20-25)36-22-24-6-3-2-4-7-24/h2-11,13-14,20-21H,12,15-19,22H2,1H3,(H,31,32). The fourth-order valence-electron chi connectivity index (χ4n) is 4.53. The predicted octanol–water partition coefficient (Wildman–Crippen LogP) is 5.22. The van der Waals surface area contributed by atoms with Gasteiger partial charge < -0.3 is 14.5 Å². The van der Waals surface area contributed by atoms with Crippen LogP contribution in [-0.4, -0.2) is 54.1 Å². The van der Waals surface area contributed by atoms with Gasteiger partial charge in [-0.2, -0.15) is 5.10 Å². The fourth-order valence-corrected chi connectivity index (χ4v) is 4.53. The van der Waals surface area contributed by atoms with Crippen LogP contribution in [0.2, 0.25) is 0 Å². The maximum atomic E-state index is 13.1. The van der Waals surface area contributed by atoms with E-state index in [9.17, 15) is 4.79 Å². The Morgan fingerprint density at radius 3 is 2.47 bits per heavy atom. The zero-order valence-electron chi connectivity index (χ0n) is 20.7. The van der Waals surface area contributed by atoms with Gasteiger partial charge in [-0.25, -0.2) is 0 Å². The number of hydrogen-bond donors (Lipinski definition) is 1. The molecule has 1 fully saturated rings. The highest BCUT2D eigenvalue weighted by molar-refractivity contribution is 6.00. The molecule has 0 unspecified atom stereocenters. The van der Waals surface area contributed by atoms with Crippen molar-refractivity contribution in [1.29, 1.82) is 0 Å². The minimum absolute atomic E-state index is 0.0567. The second-order valence-electron chi connectivity index (χ2n) is 9.34. The lowest BCUT2D eigenvalue weighted by Gasteiger charge is -2.34. The van der Waals surface area contributed by atoms with Crippen LogP contribution in [0.15, 0.2) is 85.1 Å². The first-order valence-corrected chi connectivity index (χ1v) is 12.5. The van der Waals surface area contributed by atoms with Gasteiger partial charge in [0.05, 0.1) is 6.20 Å². The van der Waals surface area contributed by atoms with Gasteiger partial charge in [0.1, 0.15) is 18.1 Å². The first-order valence-electron chi connectivity index (χ1n) is 12.5. The van der Waals surface area contributed by atoms with Gasteiger partial charge in [-0.15, -0.1) is 0 Å². The molecule has 0 aliphatic carbocycles. The monoisotopic (exact) mass is 480 g/mol. The number of ketones is 1. The molecule has 3 aromatic carbocycles. The Kier molecular flexibility index (Phi) is 7.43. The van der Waals surface area contributed by atoms with Crippen molar-refractivity contribution in [2.45, 2.75) is 19.4 Å². The van der Waals surface area contributed by atoms with Crippen LogP contribution in [-0.2, 0) is 13.0 Å². The van der Waals surface area contributed by atoms with Crippen LogP contribution in [0.3, 0.4) is 0 Å². The van der Waals surface area contributed by atoms with Crippen molar-refractivity contribution in [3.05, 3.63) is 102 Å². The number of rotatable bonds is 9. The summed E-state index contributed by atoms with van der Waals surface area (Å²) in [5, 5.41) is 7.09. The second kappa shape index (κ2) is 11.2. The molecule has 1 N–H and O–H groups in total. The zero-order valence-corrected chi connectivity index (χ0v) is 20.7. The summed E-state index contributed by atoms with van der Waals surface area (Å²) in [5.74, 6) is 0.817. The molecule has 0 atom stereocenters. The first kappa shape index (κ1) is 23.8. The van der Waals surface area contributed by atoms with Gasteiger partial charge >= 0.3 is 0 Å². The Hall–Kier alpha value is -3.90. The van der Waals surface area contributed by atoms with E-state index in [-0.39, 0.29) is 5.78 Å². The molecule has 0 radical (unpaired) electrons. The molecule has 0 saturated carbocycles. The number of carbonyl (C=O) groups excluding carboxylic acids is 1. The number of anilines is 1. The Bertz CT molecular complexity index is 1280. The highest BCUT2D eigenvalue weighted by Crippen LogP contribution is 2.27. The number of aromatic amines is 1. The Morgan fingerprint density at radius 2 is 1.69 bits per heavy atom. The van der Waals surface area contributed by atoms with Crippen LogP contribution < -0.4 is 9.64 Å². The third-order valence-corrected chi connectivity index (χ3v) is 6.76. The molecule has 1 aliphatic rings. The average molecular weight is 481 g/mol. The lowest BCUT2D eigenvalue weighted by molar-refractivity contribution is 0.0978. The van der Waals surface area contributed by atoms with E-state index in [0.717, 1.165) is 48.6 Å². The summed E-state index contributed by atoms with van der Waals surface area (Å²) in [4.78, 5) is 17.9. The maximum absolute atomic E-state index is 13.1. The third-order valence-electron chi connectivity index (χ3n) is 6.76. The number of carbonyl (C=O) groups is 1. The van der Waals surface area contributed by atoms with Crippen molar-refractivity contribution in [3.8, 4) is 16.9 Å². The minimum atomic E-state index is 0.0567. The molecule has 6 heteroatoms. The number of Topliss-reactive ketones (excluding diaryl/α,β-unsaturated/α-hetero) is 1. The molecule has 0 bridgehead atoms. The molecule has 184 valence electrons. The number of aromatic nitrogens is 2. The number of hydrogen-bond acceptors (Lipinski definition) is 5. The molecule has 0 amide bonds. The summed E-state index contributed by atoms with van der Waals surface area (Å²) in [6.45, 7) is 4.77. The fraction of sp³-hybridized carbons (Fsp3) is 0.267. The molecule has 6 nitrogen and oxygen atoms in total. The Morgan fingerprint density at radius 1 is 0.917 bits per heavy atom. The summed E-state index contributed by atoms with van der Waals surface area (Å²) in [7, 11) is 2.17. The molecular formula is C30H32N4O2. The second-order valence-corrected chi connectivity index (χ2v) is 9.34. The number of aryl methyl sites for hydroxylation is 1. The molecule has 36 heavy (non-hydrogen) atoms. The van der Waals surface area contributed by atoms with E-state index in [2.05, 4.69) is 51.3 Å². The van der Waals surface area contributed by atoms with Crippen LogP contribution in [0.4, 0.5) is 5.69 Å². The van der Waals surface area contributed by atoms with Gasteiger partial charge in [-0.05, 0) is 54.4 Å². The van der Waals surface area contributed by atoms with Gasteiger partial charge in [-0.1, -0.05) is 54.6 Å². The van der Waals surface area contributed by atoms with Crippen LogP contribution >= 0.6 is 0 Å². The number of nitrogens with zero attached hydrogens (tertiary/aromatic N) is 3. The van der Waals surface area contributed by atoms with Crippen molar-refractivity contribution < 1.29 is 9.53 Å². The lowest BCUT2D eigenvalue weighted by atomic mass is 10.0. The minimum Gasteiger partial charge on any atom is -0.489 e. The number of piperazine rings is 1. The maximum Gasteiger partial charge on any atom is 0.181 e. The summed E-state index contributed by atoms with van der Waals surface area (Å²) >= 11 is 0. The van der Waals surface area contributed by atoms with E-state index in [4.69, 9.17) is 4.74 Å². The van der Waals surface area contributed by atoms with Crippen molar-refractivity contribution in [2.24, 2.45) is 0 Å². The number of nitrogens with one attached hydrogen (secondary N) is 1. The van der Waals surface area contributed by atoms with Gasteiger partial charge in [0.15, 0.2) is 5.78 Å². The predicted molar refractivity (Wildman–Crippen MR) is 144 cm³/mol. The average Bonchev–Trinajstić information content (AvgIpc) is 3.43. The van der Waals surface area contributed by atoms with E-state index in [1.165, 1.54) is 11.3 Å². The van der Waals surface area contributed by atoms with Crippen LogP contribution in [0.1, 0.15) is 28.0 Å². The Balaban J connectivity index is 1.20. The van der Waals surface area contributed by atoms with Crippen molar-refractivity contribution in [2.75, 3.05) is 38.1 Å². The summed E-state index contributed by atoms with van der Waals surface area (Å²) in [6, 6.07) is 26.5.